The largest absolute Gasteiger partial charge is 0.464 e. The molecule has 0 saturated carbocycles. The molecule has 9 heteroatoms. The van der Waals surface area contributed by atoms with Crippen molar-refractivity contribution in [1.29, 1.82) is 0 Å². The molecule has 8 nitrogen and oxygen atoms in total. The van der Waals surface area contributed by atoms with E-state index in [0.717, 1.165) is 54.8 Å². The number of fused-ring (bicyclic) bond motifs is 1. The number of carbonyl (C=O) groups is 3. The SMILES string of the molecule is O=C1CCC(N2Cc3c(SCc4ccc(CN5CCOCC5)o4)cccc3C2=O)C(=O)N1. The van der Waals surface area contributed by atoms with Gasteiger partial charge in [0.25, 0.3) is 5.91 Å². The number of furan rings is 1. The van der Waals surface area contributed by atoms with Crippen molar-refractivity contribution in [2.24, 2.45) is 0 Å². The van der Waals surface area contributed by atoms with Gasteiger partial charge in [0, 0.05) is 36.5 Å². The van der Waals surface area contributed by atoms with Crippen LogP contribution in [0.15, 0.2) is 39.6 Å². The van der Waals surface area contributed by atoms with Crippen LogP contribution in [-0.4, -0.2) is 59.9 Å². The normalized spacial score (nSPS) is 21.7. The summed E-state index contributed by atoms with van der Waals surface area (Å²) in [5.74, 6) is 1.68. The number of morpholine rings is 1. The lowest BCUT2D eigenvalue weighted by molar-refractivity contribution is -0.136. The van der Waals surface area contributed by atoms with Crippen LogP contribution in [0.25, 0.3) is 0 Å². The number of benzene rings is 1. The number of thioether (sulfide) groups is 1. The van der Waals surface area contributed by atoms with Gasteiger partial charge in [-0.1, -0.05) is 6.07 Å². The summed E-state index contributed by atoms with van der Waals surface area (Å²) in [5.41, 5.74) is 1.57. The van der Waals surface area contributed by atoms with E-state index in [4.69, 9.17) is 9.15 Å². The molecule has 1 unspecified atom stereocenters. The number of rotatable bonds is 6. The maximum atomic E-state index is 13.0. The summed E-state index contributed by atoms with van der Waals surface area (Å²) in [6.45, 7) is 4.51. The molecular formula is C23H25N3O5S. The molecule has 4 heterocycles. The first-order valence-corrected chi connectivity index (χ1v) is 11.8. The first-order chi connectivity index (χ1) is 15.6. The molecule has 32 heavy (non-hydrogen) atoms. The first kappa shape index (κ1) is 21.2. The molecular weight excluding hydrogens is 430 g/mol. The van der Waals surface area contributed by atoms with Gasteiger partial charge in [-0.05, 0) is 36.2 Å². The molecule has 1 atom stereocenters. The Morgan fingerprint density at radius 3 is 2.69 bits per heavy atom. The van der Waals surface area contributed by atoms with Crippen LogP contribution < -0.4 is 5.32 Å². The van der Waals surface area contributed by atoms with E-state index in [0.29, 0.717) is 24.3 Å². The van der Waals surface area contributed by atoms with Crippen molar-refractivity contribution in [3.63, 3.8) is 0 Å². The minimum Gasteiger partial charge on any atom is -0.464 e. The fourth-order valence-electron chi connectivity index (χ4n) is 4.41. The number of piperidine rings is 1. The quantitative estimate of drug-likeness (QED) is 0.527. The van der Waals surface area contributed by atoms with Crippen molar-refractivity contribution in [1.82, 2.24) is 15.1 Å². The van der Waals surface area contributed by atoms with Crippen molar-refractivity contribution < 1.29 is 23.5 Å². The summed E-state index contributed by atoms with van der Waals surface area (Å²) < 4.78 is 11.4. The highest BCUT2D eigenvalue weighted by Crippen LogP contribution is 2.35. The van der Waals surface area contributed by atoms with Gasteiger partial charge < -0.3 is 14.1 Å². The van der Waals surface area contributed by atoms with Crippen molar-refractivity contribution in [2.45, 2.75) is 42.6 Å². The summed E-state index contributed by atoms with van der Waals surface area (Å²) in [6, 6.07) is 9.11. The van der Waals surface area contributed by atoms with Gasteiger partial charge in [0.05, 0.1) is 25.5 Å². The molecule has 0 bridgehead atoms. The minimum atomic E-state index is -0.599. The Balaban J connectivity index is 1.24. The molecule has 3 amide bonds. The Kier molecular flexibility index (Phi) is 6.03. The zero-order valence-electron chi connectivity index (χ0n) is 17.7. The summed E-state index contributed by atoms with van der Waals surface area (Å²) in [6.07, 6.45) is 0.620. The number of nitrogens with zero attached hydrogens (tertiary/aromatic N) is 2. The highest BCUT2D eigenvalue weighted by molar-refractivity contribution is 7.98. The molecule has 3 aliphatic heterocycles. The summed E-state index contributed by atoms with van der Waals surface area (Å²) in [4.78, 5) is 41.6. The second-order valence-electron chi connectivity index (χ2n) is 8.23. The van der Waals surface area contributed by atoms with Crippen LogP contribution in [0.5, 0.6) is 0 Å². The Hall–Kier alpha value is -2.62. The van der Waals surface area contributed by atoms with Crippen LogP contribution >= 0.6 is 11.8 Å². The molecule has 1 aromatic carbocycles. The first-order valence-electron chi connectivity index (χ1n) is 10.9. The van der Waals surface area contributed by atoms with Crippen LogP contribution in [0, 0.1) is 0 Å². The number of hydrogen-bond donors (Lipinski definition) is 1. The van der Waals surface area contributed by atoms with E-state index >= 15 is 0 Å². The average molecular weight is 456 g/mol. The van der Waals surface area contributed by atoms with Crippen LogP contribution in [-0.2, 0) is 33.2 Å². The molecule has 168 valence electrons. The third-order valence-corrected chi connectivity index (χ3v) is 7.23. The van der Waals surface area contributed by atoms with Crippen LogP contribution in [0.4, 0.5) is 0 Å². The maximum absolute atomic E-state index is 13.0. The minimum absolute atomic E-state index is 0.150. The molecule has 2 aromatic rings. The second kappa shape index (κ2) is 9.09. The second-order valence-corrected chi connectivity index (χ2v) is 9.24. The van der Waals surface area contributed by atoms with E-state index < -0.39 is 6.04 Å². The fourth-order valence-corrected chi connectivity index (χ4v) is 5.38. The lowest BCUT2D eigenvalue weighted by Crippen LogP contribution is -2.52. The van der Waals surface area contributed by atoms with E-state index in [1.54, 1.807) is 22.7 Å². The smallest absolute Gasteiger partial charge is 0.255 e. The molecule has 1 aromatic heterocycles. The van der Waals surface area contributed by atoms with E-state index in [1.165, 1.54) is 0 Å². The molecule has 5 rings (SSSR count). The van der Waals surface area contributed by atoms with Gasteiger partial charge in [-0.3, -0.25) is 24.6 Å². The Bertz CT molecular complexity index is 1050. The Labute approximate surface area is 190 Å². The highest BCUT2D eigenvalue weighted by Gasteiger charge is 2.39. The molecule has 2 saturated heterocycles. The predicted molar refractivity (Wildman–Crippen MR) is 117 cm³/mol. The van der Waals surface area contributed by atoms with E-state index in [9.17, 15) is 14.4 Å². The van der Waals surface area contributed by atoms with Crippen molar-refractivity contribution in [3.05, 3.63) is 53.0 Å². The van der Waals surface area contributed by atoms with E-state index in [2.05, 4.69) is 10.2 Å². The van der Waals surface area contributed by atoms with E-state index in [-0.39, 0.29) is 24.1 Å². The Morgan fingerprint density at radius 2 is 1.88 bits per heavy atom. The molecule has 3 aliphatic rings. The lowest BCUT2D eigenvalue weighted by atomic mass is 10.0. The van der Waals surface area contributed by atoms with Gasteiger partial charge in [0.15, 0.2) is 0 Å². The van der Waals surface area contributed by atoms with Crippen LogP contribution in [0.2, 0.25) is 0 Å². The number of ether oxygens (including phenoxy) is 1. The highest BCUT2D eigenvalue weighted by atomic mass is 32.2. The summed E-state index contributed by atoms with van der Waals surface area (Å²) in [5, 5.41) is 2.35. The van der Waals surface area contributed by atoms with Gasteiger partial charge in [-0.2, -0.15) is 0 Å². The molecule has 1 N–H and O–H groups in total. The predicted octanol–water partition coefficient (Wildman–Crippen LogP) is 2.17. The van der Waals surface area contributed by atoms with Crippen LogP contribution in [0.1, 0.15) is 40.3 Å². The number of carbonyl (C=O) groups excluding carboxylic acids is 3. The third kappa shape index (κ3) is 4.32. The number of amides is 3. The number of nitrogens with one attached hydrogen (secondary N) is 1. The van der Waals surface area contributed by atoms with Gasteiger partial charge in [-0.15, -0.1) is 11.8 Å². The zero-order valence-corrected chi connectivity index (χ0v) is 18.5. The van der Waals surface area contributed by atoms with Crippen molar-refractivity contribution in [3.8, 4) is 0 Å². The summed E-state index contributed by atoms with van der Waals surface area (Å²) >= 11 is 1.63. The maximum Gasteiger partial charge on any atom is 0.255 e. The average Bonchev–Trinajstić information content (AvgIpc) is 3.38. The fraction of sp³-hybridized carbons (Fsp3) is 0.435. The summed E-state index contributed by atoms with van der Waals surface area (Å²) in [7, 11) is 0. The molecule has 0 radical (unpaired) electrons. The van der Waals surface area contributed by atoms with Gasteiger partial charge in [0.2, 0.25) is 11.8 Å². The molecule has 2 fully saturated rings. The topological polar surface area (TPSA) is 92.1 Å². The van der Waals surface area contributed by atoms with Gasteiger partial charge in [0.1, 0.15) is 17.6 Å². The molecule has 0 spiro atoms. The van der Waals surface area contributed by atoms with Gasteiger partial charge in [-0.25, -0.2) is 0 Å². The lowest BCUT2D eigenvalue weighted by Gasteiger charge is -2.29. The van der Waals surface area contributed by atoms with Crippen molar-refractivity contribution >= 4 is 29.5 Å². The monoisotopic (exact) mass is 455 g/mol. The standard InChI is InChI=1S/C23H25N3O5S/c27-21-7-6-19(22(28)24-21)26-13-18-17(23(26)29)2-1-3-20(18)32-14-16-5-4-15(31-16)12-25-8-10-30-11-9-25/h1-5,19H,6-14H2,(H,24,27,28). The van der Waals surface area contributed by atoms with Crippen LogP contribution in [0.3, 0.4) is 0 Å². The third-order valence-electron chi connectivity index (χ3n) is 6.11. The number of hydrogen-bond acceptors (Lipinski definition) is 7. The van der Waals surface area contributed by atoms with Gasteiger partial charge >= 0.3 is 0 Å². The zero-order chi connectivity index (χ0) is 22.1. The Morgan fingerprint density at radius 1 is 1.06 bits per heavy atom. The van der Waals surface area contributed by atoms with Crippen molar-refractivity contribution in [2.75, 3.05) is 26.3 Å². The molecule has 0 aliphatic carbocycles. The number of imide groups is 1. The van der Waals surface area contributed by atoms with E-state index in [1.807, 2.05) is 24.3 Å².